The van der Waals surface area contributed by atoms with Crippen LogP contribution in [0.3, 0.4) is 0 Å². The van der Waals surface area contributed by atoms with Crippen LogP contribution < -0.4 is 11.0 Å². The fraction of sp³-hybridized carbons (Fsp3) is 0.172. The molecular weight excluding hydrogens is 450 g/mol. The van der Waals surface area contributed by atoms with Gasteiger partial charge in [0, 0.05) is 12.1 Å². The lowest BCUT2D eigenvalue weighted by Gasteiger charge is -2.10. The zero-order valence-corrected chi connectivity index (χ0v) is 20.5. The first-order valence-electron chi connectivity index (χ1n) is 12.0. The van der Waals surface area contributed by atoms with Crippen LogP contribution in [-0.2, 0) is 6.54 Å². The zero-order chi connectivity index (χ0) is 25.2. The van der Waals surface area contributed by atoms with Gasteiger partial charge in [0.1, 0.15) is 5.52 Å². The quantitative estimate of drug-likeness (QED) is 0.386. The van der Waals surface area contributed by atoms with Gasteiger partial charge in [-0.1, -0.05) is 78.4 Å². The average Bonchev–Trinajstić information content (AvgIpc) is 3.16. The van der Waals surface area contributed by atoms with Gasteiger partial charge in [0.05, 0.1) is 12.2 Å². The summed E-state index contributed by atoms with van der Waals surface area (Å²) in [6, 6.07) is 25.2. The summed E-state index contributed by atoms with van der Waals surface area (Å²) in [6.45, 7) is 6.54. The number of rotatable bonds is 6. The maximum Gasteiger partial charge on any atom is 0.335 e. The van der Waals surface area contributed by atoms with Crippen LogP contribution in [0.5, 0.6) is 0 Å². The molecule has 1 N–H and O–H groups in total. The Kier molecular flexibility index (Phi) is 6.21. The van der Waals surface area contributed by atoms with Gasteiger partial charge in [-0.25, -0.2) is 19.3 Å². The van der Waals surface area contributed by atoms with Crippen molar-refractivity contribution in [2.24, 2.45) is 0 Å². The van der Waals surface area contributed by atoms with Gasteiger partial charge in [-0.05, 0) is 38.0 Å². The molecule has 0 spiro atoms. The largest absolute Gasteiger partial charge is 0.351 e. The van der Waals surface area contributed by atoms with E-state index in [1.54, 1.807) is 9.13 Å². The molecule has 0 saturated carbocycles. The highest BCUT2D eigenvalue weighted by Crippen LogP contribution is 2.25. The number of aromatic nitrogens is 4. The predicted molar refractivity (Wildman–Crippen MR) is 142 cm³/mol. The maximum atomic E-state index is 14.0. The van der Waals surface area contributed by atoms with Gasteiger partial charge < -0.3 is 5.32 Å². The Bertz CT molecular complexity index is 1620. The highest BCUT2D eigenvalue weighted by molar-refractivity contribution is 6.03. The Morgan fingerprint density at radius 3 is 2.28 bits per heavy atom. The fourth-order valence-corrected chi connectivity index (χ4v) is 4.33. The highest BCUT2D eigenvalue weighted by atomic mass is 16.2. The Balaban J connectivity index is 1.88. The van der Waals surface area contributed by atoms with Crippen LogP contribution in [0.1, 0.15) is 34.1 Å². The number of carbonyl (C=O) groups is 1. The number of para-hydroxylation sites is 1. The molecule has 0 aliphatic carbocycles. The van der Waals surface area contributed by atoms with Gasteiger partial charge in [-0.3, -0.25) is 9.36 Å². The Labute approximate surface area is 209 Å². The summed E-state index contributed by atoms with van der Waals surface area (Å²) in [5.74, 6) is 0.0463. The third-order valence-corrected chi connectivity index (χ3v) is 6.17. The molecule has 5 aromatic rings. The van der Waals surface area contributed by atoms with E-state index in [2.05, 4.69) is 5.32 Å². The molecule has 0 aliphatic rings. The molecule has 180 valence electrons. The lowest BCUT2D eigenvalue weighted by atomic mass is 10.1. The summed E-state index contributed by atoms with van der Waals surface area (Å²) >= 11 is 0. The summed E-state index contributed by atoms with van der Waals surface area (Å²) in [5, 5.41) is 2.86. The van der Waals surface area contributed by atoms with E-state index in [4.69, 9.17) is 9.97 Å². The molecule has 1 amide bonds. The molecule has 5 rings (SSSR count). The van der Waals surface area contributed by atoms with E-state index in [1.165, 1.54) is 0 Å². The fourth-order valence-electron chi connectivity index (χ4n) is 4.33. The average molecular weight is 478 g/mol. The van der Waals surface area contributed by atoms with Crippen molar-refractivity contribution in [2.75, 3.05) is 6.54 Å². The van der Waals surface area contributed by atoms with Crippen LogP contribution in [-0.4, -0.2) is 31.6 Å². The van der Waals surface area contributed by atoms with E-state index < -0.39 is 0 Å². The second-order valence-corrected chi connectivity index (χ2v) is 8.77. The number of fused-ring (bicyclic) bond motifs is 1. The number of aryl methyl sites for hydroxylation is 2. The van der Waals surface area contributed by atoms with Crippen molar-refractivity contribution in [3.63, 3.8) is 0 Å². The first-order chi connectivity index (χ1) is 17.5. The van der Waals surface area contributed by atoms with Crippen molar-refractivity contribution in [2.45, 2.75) is 27.3 Å². The number of carbonyl (C=O) groups excluding carboxylic acids is 1. The molecular formula is C29H27N5O2. The Hall–Kier alpha value is -4.52. The number of benzene rings is 3. The predicted octanol–water partition coefficient (Wildman–Crippen LogP) is 4.66. The number of imidazole rings is 1. The van der Waals surface area contributed by atoms with Crippen LogP contribution in [0.4, 0.5) is 0 Å². The van der Waals surface area contributed by atoms with Crippen molar-refractivity contribution in [1.29, 1.82) is 0 Å². The van der Waals surface area contributed by atoms with E-state index in [0.29, 0.717) is 23.5 Å². The van der Waals surface area contributed by atoms with E-state index in [1.807, 2.05) is 99.6 Å². The highest BCUT2D eigenvalue weighted by Gasteiger charge is 2.25. The van der Waals surface area contributed by atoms with Gasteiger partial charge in [-0.2, -0.15) is 0 Å². The van der Waals surface area contributed by atoms with Gasteiger partial charge in [-0.15, -0.1) is 0 Å². The summed E-state index contributed by atoms with van der Waals surface area (Å²) in [5.41, 5.74) is 5.17. The third-order valence-electron chi connectivity index (χ3n) is 6.17. The summed E-state index contributed by atoms with van der Waals surface area (Å²) in [4.78, 5) is 36.9. The lowest BCUT2D eigenvalue weighted by molar-refractivity contribution is 0.0952. The standard InChI is InChI=1S/C29H27N5O2/c1-4-30-28(35)24-25-27(32-26(31-24)22-16-14-19(2)15-17-22)34(23-13-9-8-10-20(23)3)29(36)33(25)18-21-11-6-5-7-12-21/h5-17H,4,18H2,1-3H3,(H,30,35). The van der Waals surface area contributed by atoms with Crippen LogP contribution in [0, 0.1) is 13.8 Å². The number of amides is 1. The number of hydrogen-bond donors (Lipinski definition) is 1. The first kappa shape index (κ1) is 23.2. The molecule has 7 heteroatoms. The van der Waals surface area contributed by atoms with Crippen molar-refractivity contribution in [1.82, 2.24) is 24.4 Å². The summed E-state index contributed by atoms with van der Waals surface area (Å²) in [7, 11) is 0. The lowest BCUT2D eigenvalue weighted by Crippen LogP contribution is -2.27. The molecule has 0 radical (unpaired) electrons. The number of hydrogen-bond acceptors (Lipinski definition) is 4. The van der Waals surface area contributed by atoms with Crippen molar-refractivity contribution in [3.8, 4) is 17.1 Å². The second-order valence-electron chi connectivity index (χ2n) is 8.77. The maximum absolute atomic E-state index is 14.0. The normalized spacial score (nSPS) is 11.1. The van der Waals surface area contributed by atoms with Crippen LogP contribution in [0.2, 0.25) is 0 Å². The molecule has 7 nitrogen and oxygen atoms in total. The Morgan fingerprint density at radius 2 is 1.58 bits per heavy atom. The SMILES string of the molecule is CCNC(=O)c1nc(-c2ccc(C)cc2)nc2c1n(Cc1ccccc1)c(=O)n2-c1ccccc1C. The zero-order valence-electron chi connectivity index (χ0n) is 20.5. The Morgan fingerprint density at radius 1 is 0.889 bits per heavy atom. The smallest absolute Gasteiger partial charge is 0.335 e. The van der Waals surface area contributed by atoms with Gasteiger partial charge in [0.25, 0.3) is 5.91 Å². The van der Waals surface area contributed by atoms with Crippen LogP contribution in [0.15, 0.2) is 83.7 Å². The molecule has 2 heterocycles. The van der Waals surface area contributed by atoms with E-state index in [0.717, 1.165) is 27.9 Å². The second kappa shape index (κ2) is 9.62. The first-order valence-corrected chi connectivity index (χ1v) is 12.0. The van der Waals surface area contributed by atoms with Gasteiger partial charge in [0.2, 0.25) is 0 Å². The molecule has 0 atom stereocenters. The molecule has 0 saturated heterocycles. The minimum Gasteiger partial charge on any atom is -0.351 e. The van der Waals surface area contributed by atoms with Crippen molar-refractivity contribution < 1.29 is 4.79 Å². The van der Waals surface area contributed by atoms with E-state index >= 15 is 0 Å². The van der Waals surface area contributed by atoms with Crippen molar-refractivity contribution >= 4 is 17.1 Å². The summed E-state index contributed by atoms with van der Waals surface area (Å²) < 4.78 is 3.19. The topological polar surface area (TPSA) is 81.8 Å². The summed E-state index contributed by atoms with van der Waals surface area (Å²) in [6.07, 6.45) is 0. The van der Waals surface area contributed by atoms with Crippen LogP contribution in [0.25, 0.3) is 28.2 Å². The molecule has 0 fully saturated rings. The molecule has 36 heavy (non-hydrogen) atoms. The van der Waals surface area contributed by atoms with E-state index in [-0.39, 0.29) is 23.8 Å². The third kappa shape index (κ3) is 4.20. The van der Waals surface area contributed by atoms with E-state index in [9.17, 15) is 9.59 Å². The minimum atomic E-state index is -0.345. The molecule has 0 bridgehead atoms. The number of nitrogens with zero attached hydrogens (tertiary/aromatic N) is 4. The van der Waals surface area contributed by atoms with Crippen LogP contribution >= 0.6 is 0 Å². The minimum absolute atomic E-state index is 0.179. The molecule has 0 unspecified atom stereocenters. The van der Waals surface area contributed by atoms with Crippen molar-refractivity contribution in [3.05, 3.63) is 112 Å². The molecule has 3 aromatic carbocycles. The monoisotopic (exact) mass is 477 g/mol. The molecule has 2 aromatic heterocycles. The van der Waals surface area contributed by atoms with Gasteiger partial charge in [0.15, 0.2) is 17.2 Å². The van der Waals surface area contributed by atoms with Gasteiger partial charge >= 0.3 is 5.69 Å². The number of nitrogens with one attached hydrogen (secondary N) is 1. The molecule has 0 aliphatic heterocycles.